The van der Waals surface area contributed by atoms with Gasteiger partial charge in [0, 0.05) is 0 Å². The molecular formula is C32H30Cl2N2Zr. The molecule has 0 aliphatic heterocycles. The standard InChI is InChI=1S/2C16H14N.2ClH.Zr/c2*1-12-14-8-4-3-7-13(14)11-16(12,2)15-9-5-6-10-17-15;;;/h2*3-6,8-11H,1-2H3;2*1H;. The van der Waals surface area contributed by atoms with E-state index in [9.17, 15) is 0 Å². The average molecular weight is 605 g/mol. The topological polar surface area (TPSA) is 25.8 Å². The van der Waals surface area contributed by atoms with Crippen LogP contribution in [-0.2, 0) is 34.1 Å². The zero-order chi connectivity index (χ0) is 24.2. The monoisotopic (exact) mass is 602 g/mol. The van der Waals surface area contributed by atoms with Gasteiger partial charge in [0.05, 0.1) is 0 Å². The van der Waals surface area contributed by atoms with E-state index in [-0.39, 0.29) is 35.6 Å². The molecular weight excluding hydrogens is 574 g/mol. The third-order valence-corrected chi connectivity index (χ3v) is 11.6. The summed E-state index contributed by atoms with van der Waals surface area (Å²) in [6.07, 6.45) is 8.75. The van der Waals surface area contributed by atoms with Gasteiger partial charge in [-0.3, -0.25) is 0 Å². The molecule has 4 aromatic rings. The summed E-state index contributed by atoms with van der Waals surface area (Å²) in [5.41, 5.74) is 4.71. The molecule has 2 unspecified atom stereocenters. The van der Waals surface area contributed by atoms with Crippen LogP contribution < -0.4 is 27.4 Å². The fourth-order valence-corrected chi connectivity index (χ4v) is 8.96. The molecule has 5 heteroatoms. The summed E-state index contributed by atoms with van der Waals surface area (Å²) in [6, 6.07) is 26.3. The number of rotatable bonds is 4. The van der Waals surface area contributed by atoms with Crippen LogP contribution in [0.25, 0.3) is 23.3 Å². The van der Waals surface area contributed by atoms with Crippen molar-refractivity contribution in [3.05, 3.63) is 117 Å². The fourth-order valence-electron chi connectivity index (χ4n) is 5.68. The molecule has 0 saturated carbocycles. The maximum atomic E-state index is 4.73. The largest absolute Gasteiger partial charge is 0.147 e. The molecule has 37 heavy (non-hydrogen) atoms. The van der Waals surface area contributed by atoms with Crippen molar-refractivity contribution in [2.75, 3.05) is 0 Å². The number of halogens is 2. The molecule has 0 amide bonds. The minimum absolute atomic E-state index is 0. The van der Waals surface area contributed by atoms with E-state index in [4.69, 9.17) is 9.97 Å². The molecule has 0 bridgehead atoms. The second-order valence-corrected chi connectivity index (χ2v) is 13.3. The van der Waals surface area contributed by atoms with E-state index in [1.54, 1.807) is 0 Å². The Morgan fingerprint density at radius 3 is 1.38 bits per heavy atom. The van der Waals surface area contributed by atoms with Gasteiger partial charge in [-0.05, 0) is 0 Å². The van der Waals surface area contributed by atoms with Gasteiger partial charge in [0.2, 0.25) is 0 Å². The van der Waals surface area contributed by atoms with Crippen molar-refractivity contribution in [1.82, 2.24) is 9.97 Å². The Balaban J connectivity index is 0.00000160. The van der Waals surface area contributed by atoms with Crippen molar-refractivity contribution >= 4 is 54.7 Å². The van der Waals surface area contributed by atoms with Crippen molar-refractivity contribution in [2.24, 2.45) is 0 Å². The van der Waals surface area contributed by atoms with E-state index in [1.165, 1.54) is 38.6 Å². The third-order valence-electron chi connectivity index (χ3n) is 8.11. The summed E-state index contributed by atoms with van der Waals surface area (Å²) in [4.78, 5) is 9.46. The van der Waals surface area contributed by atoms with Crippen LogP contribution in [0.5, 0.6) is 0 Å². The Morgan fingerprint density at radius 1 is 0.568 bits per heavy atom. The average Bonchev–Trinajstić information content (AvgIpc) is 3.33. The fraction of sp³-hybridized carbons (Fsp3) is 0.188. The molecule has 0 spiro atoms. The Kier molecular flexibility index (Phi) is 7.82. The van der Waals surface area contributed by atoms with Gasteiger partial charge in [-0.25, -0.2) is 0 Å². The number of pyridine rings is 2. The molecule has 2 aromatic heterocycles. The Morgan fingerprint density at radius 2 is 1.00 bits per heavy atom. The third kappa shape index (κ3) is 4.40. The van der Waals surface area contributed by atoms with Crippen LogP contribution in [0.15, 0.2) is 85.2 Å². The van der Waals surface area contributed by atoms with Crippen molar-refractivity contribution < 1.29 is 23.2 Å². The van der Waals surface area contributed by atoms with Crippen LogP contribution in [0.2, 0.25) is 0 Å². The summed E-state index contributed by atoms with van der Waals surface area (Å²) < 4.78 is 3.08. The van der Waals surface area contributed by atoms with E-state index < -0.39 is 23.2 Å². The number of aromatic nitrogens is 2. The quantitative estimate of drug-likeness (QED) is 0.358. The first-order valence-corrected chi connectivity index (χ1v) is 14.6. The summed E-state index contributed by atoms with van der Waals surface area (Å²) in [7, 11) is 0. The molecule has 0 saturated heterocycles. The normalized spacial score (nSPS) is 21.1. The number of nitrogens with zero attached hydrogens (tertiary/aromatic N) is 2. The van der Waals surface area contributed by atoms with Crippen molar-refractivity contribution in [1.29, 1.82) is 0 Å². The molecule has 2 heterocycles. The number of benzene rings is 2. The molecule has 2 nitrogen and oxygen atoms in total. The molecule has 2 aromatic carbocycles. The van der Waals surface area contributed by atoms with E-state index in [0.29, 0.717) is 0 Å². The molecule has 2 atom stereocenters. The molecule has 0 radical (unpaired) electrons. The Labute approximate surface area is 242 Å². The maximum Gasteiger partial charge on any atom is -0.147 e. The van der Waals surface area contributed by atoms with Gasteiger partial charge < -0.3 is 0 Å². The Bertz CT molecular complexity index is 1590. The van der Waals surface area contributed by atoms with Gasteiger partial charge >= 0.3 is 219 Å². The summed E-state index contributed by atoms with van der Waals surface area (Å²) in [5.74, 6) is 0. The zero-order valence-electron chi connectivity index (χ0n) is 21.4. The first kappa shape index (κ1) is 27.7. The summed E-state index contributed by atoms with van der Waals surface area (Å²) >= 11 is -1.07. The smallest absolute Gasteiger partial charge is 0.147 e. The molecule has 2 aliphatic carbocycles. The number of fused-ring (bicyclic) bond motifs is 2. The summed E-state index contributed by atoms with van der Waals surface area (Å²) in [5, 5.41) is 5.62. The van der Waals surface area contributed by atoms with Gasteiger partial charge in [-0.2, -0.15) is 0 Å². The second kappa shape index (κ2) is 10.4. The van der Waals surface area contributed by atoms with E-state index in [2.05, 4.69) is 101 Å². The minimum Gasteiger partial charge on any atom is -0.147 e. The van der Waals surface area contributed by atoms with Crippen molar-refractivity contribution in [2.45, 2.75) is 38.5 Å². The maximum absolute atomic E-state index is 4.73. The molecule has 2 aliphatic rings. The second-order valence-electron chi connectivity index (χ2n) is 10.0. The van der Waals surface area contributed by atoms with Gasteiger partial charge in [0.1, 0.15) is 0 Å². The van der Waals surface area contributed by atoms with Crippen LogP contribution in [0, 0.1) is 0 Å². The van der Waals surface area contributed by atoms with Crippen LogP contribution in [-0.4, -0.2) is 9.97 Å². The zero-order valence-corrected chi connectivity index (χ0v) is 25.5. The number of hydrogen-bond acceptors (Lipinski definition) is 2. The molecule has 186 valence electrons. The minimum atomic E-state index is -1.07. The van der Waals surface area contributed by atoms with Gasteiger partial charge in [-0.1, -0.05) is 0 Å². The van der Waals surface area contributed by atoms with Crippen LogP contribution >= 0.6 is 24.8 Å². The first-order chi connectivity index (χ1) is 16.9. The SMILES string of the molecule is CC1=c2ccc[c]([Zr][c]3cccc4c3=CC(C)(c3ccccn3)C=4C)c2=CC1(C)c1ccccn1.Cl.Cl. The summed E-state index contributed by atoms with van der Waals surface area (Å²) in [6.45, 7) is 9.17. The van der Waals surface area contributed by atoms with Gasteiger partial charge in [0.15, 0.2) is 0 Å². The molecule has 0 fully saturated rings. The van der Waals surface area contributed by atoms with Crippen molar-refractivity contribution in [3.63, 3.8) is 0 Å². The van der Waals surface area contributed by atoms with Crippen LogP contribution in [0.1, 0.15) is 39.1 Å². The van der Waals surface area contributed by atoms with E-state index >= 15 is 0 Å². The molecule has 0 N–H and O–H groups in total. The first-order valence-electron chi connectivity index (χ1n) is 12.2. The van der Waals surface area contributed by atoms with E-state index in [0.717, 1.165) is 11.4 Å². The van der Waals surface area contributed by atoms with Crippen molar-refractivity contribution in [3.8, 4) is 0 Å². The molecule has 6 rings (SSSR count). The van der Waals surface area contributed by atoms with Gasteiger partial charge in [-0.15, -0.1) is 24.8 Å². The number of hydrogen-bond donors (Lipinski definition) is 0. The van der Waals surface area contributed by atoms with Crippen LogP contribution in [0.4, 0.5) is 0 Å². The van der Waals surface area contributed by atoms with Crippen LogP contribution in [0.3, 0.4) is 0 Å². The predicted octanol–water partition coefficient (Wildman–Crippen LogP) is 3.20. The van der Waals surface area contributed by atoms with E-state index in [1.807, 2.05) is 24.5 Å². The predicted molar refractivity (Wildman–Crippen MR) is 155 cm³/mol. The van der Waals surface area contributed by atoms with Gasteiger partial charge in [0.25, 0.3) is 0 Å². The Hall–Kier alpha value is -2.32.